The number of hydrogen-bond acceptors (Lipinski definition) is 5. The molecule has 1 unspecified atom stereocenters. The van der Waals surface area contributed by atoms with Gasteiger partial charge in [0.05, 0.1) is 19.8 Å². The number of amides is 3. The van der Waals surface area contributed by atoms with Crippen molar-refractivity contribution in [3.8, 4) is 11.5 Å². The summed E-state index contributed by atoms with van der Waals surface area (Å²) in [5, 5.41) is 2.84. The van der Waals surface area contributed by atoms with Crippen molar-refractivity contribution in [1.29, 1.82) is 0 Å². The van der Waals surface area contributed by atoms with Gasteiger partial charge in [0.1, 0.15) is 5.54 Å². The van der Waals surface area contributed by atoms with Crippen LogP contribution in [0.5, 0.6) is 11.5 Å². The summed E-state index contributed by atoms with van der Waals surface area (Å²) < 4.78 is 11.2. The summed E-state index contributed by atoms with van der Waals surface area (Å²) in [6.07, 6.45) is 1.99. The van der Waals surface area contributed by atoms with Gasteiger partial charge in [-0.2, -0.15) is 0 Å². The van der Waals surface area contributed by atoms with Gasteiger partial charge in [-0.25, -0.2) is 4.79 Å². The van der Waals surface area contributed by atoms with Crippen LogP contribution in [0.15, 0.2) is 42.5 Å². The summed E-state index contributed by atoms with van der Waals surface area (Å²) in [6, 6.07) is 12.0. The quantitative estimate of drug-likeness (QED) is 0.641. The number of fused-ring (bicyclic) bond motifs is 3. The number of ether oxygens (including phenoxy) is 2. The molecule has 1 spiro atoms. The molecule has 0 bridgehead atoms. The van der Waals surface area contributed by atoms with Gasteiger partial charge in [0.25, 0.3) is 5.91 Å². The second kappa shape index (κ2) is 6.62. The molecule has 3 amide bonds. The van der Waals surface area contributed by atoms with Crippen LogP contribution in [0.1, 0.15) is 34.3 Å². The second-order valence-corrected chi connectivity index (χ2v) is 7.52. The summed E-state index contributed by atoms with van der Waals surface area (Å²) in [5.41, 5.74) is 1.20. The molecule has 3 aliphatic rings. The number of Topliss-reactive ketones (excluding diaryl/α,β-unsaturated/α-hetero) is 1. The molecule has 148 valence electrons. The van der Waals surface area contributed by atoms with Crippen molar-refractivity contribution in [2.45, 2.75) is 24.8 Å². The van der Waals surface area contributed by atoms with Gasteiger partial charge < -0.3 is 14.8 Å². The van der Waals surface area contributed by atoms with E-state index in [0.29, 0.717) is 43.1 Å². The molecule has 0 saturated carbocycles. The maximum Gasteiger partial charge on any atom is 0.325 e. The number of urea groups is 1. The van der Waals surface area contributed by atoms with Crippen molar-refractivity contribution in [3.05, 3.63) is 59.2 Å². The molecule has 7 heteroatoms. The zero-order chi connectivity index (χ0) is 20.0. The highest BCUT2D eigenvalue weighted by atomic mass is 16.5. The van der Waals surface area contributed by atoms with E-state index in [-0.39, 0.29) is 18.2 Å². The highest BCUT2D eigenvalue weighted by molar-refractivity contribution is 6.12. The van der Waals surface area contributed by atoms with Crippen molar-refractivity contribution >= 4 is 17.7 Å². The van der Waals surface area contributed by atoms with Gasteiger partial charge in [0.15, 0.2) is 17.3 Å². The largest absolute Gasteiger partial charge is 0.490 e. The molecule has 1 fully saturated rings. The first-order chi connectivity index (χ1) is 14.1. The third kappa shape index (κ3) is 2.76. The maximum atomic E-state index is 13.2. The van der Waals surface area contributed by atoms with Crippen LogP contribution in [0.25, 0.3) is 0 Å². The smallest absolute Gasteiger partial charge is 0.325 e. The van der Waals surface area contributed by atoms with Crippen LogP contribution in [0.3, 0.4) is 0 Å². The second-order valence-electron chi connectivity index (χ2n) is 7.52. The fourth-order valence-corrected chi connectivity index (χ4v) is 4.30. The maximum absolute atomic E-state index is 13.2. The number of carbonyl (C=O) groups excluding carboxylic acids is 3. The number of imide groups is 1. The monoisotopic (exact) mass is 392 g/mol. The number of nitrogens with one attached hydrogen (secondary N) is 1. The molecule has 1 N–H and O–H groups in total. The number of benzene rings is 2. The minimum atomic E-state index is -1.06. The van der Waals surface area contributed by atoms with Crippen molar-refractivity contribution in [2.24, 2.45) is 0 Å². The van der Waals surface area contributed by atoms with E-state index in [1.165, 1.54) is 0 Å². The van der Waals surface area contributed by atoms with E-state index in [9.17, 15) is 14.4 Å². The lowest BCUT2D eigenvalue weighted by Crippen LogP contribution is -2.42. The van der Waals surface area contributed by atoms with Gasteiger partial charge >= 0.3 is 6.03 Å². The number of ketones is 1. The predicted molar refractivity (Wildman–Crippen MR) is 103 cm³/mol. The lowest BCUT2D eigenvalue weighted by Gasteiger charge is -2.22. The third-order valence-corrected chi connectivity index (χ3v) is 5.79. The van der Waals surface area contributed by atoms with Gasteiger partial charge in [-0.3, -0.25) is 14.5 Å². The third-order valence-electron chi connectivity index (χ3n) is 5.79. The van der Waals surface area contributed by atoms with Crippen LogP contribution in [-0.2, 0) is 16.8 Å². The molecule has 2 aromatic carbocycles. The molecule has 1 aliphatic carbocycles. The number of carbonyl (C=O) groups is 3. The van der Waals surface area contributed by atoms with E-state index in [2.05, 4.69) is 5.32 Å². The zero-order valence-corrected chi connectivity index (χ0v) is 15.8. The molecule has 0 radical (unpaired) electrons. The van der Waals surface area contributed by atoms with Crippen molar-refractivity contribution in [1.82, 2.24) is 10.2 Å². The first-order valence-corrected chi connectivity index (χ1v) is 9.74. The Morgan fingerprint density at radius 1 is 1.07 bits per heavy atom. The molecule has 5 rings (SSSR count). The highest BCUT2D eigenvalue weighted by Gasteiger charge is 2.55. The number of aryl methyl sites for hydroxylation is 1. The molecule has 1 atom stereocenters. The average molecular weight is 392 g/mol. The van der Waals surface area contributed by atoms with Crippen LogP contribution >= 0.6 is 0 Å². The van der Waals surface area contributed by atoms with Crippen LogP contribution in [0.4, 0.5) is 4.79 Å². The fourth-order valence-electron chi connectivity index (χ4n) is 4.30. The molecule has 7 nitrogen and oxygen atoms in total. The van der Waals surface area contributed by atoms with Gasteiger partial charge in [0, 0.05) is 12.0 Å². The Kier molecular flexibility index (Phi) is 4.04. The van der Waals surface area contributed by atoms with Gasteiger partial charge in [0.2, 0.25) is 0 Å². The summed E-state index contributed by atoms with van der Waals surface area (Å²) >= 11 is 0. The molecular formula is C22H20N2O5. The number of rotatable bonds is 3. The van der Waals surface area contributed by atoms with Gasteiger partial charge in [-0.05, 0) is 42.2 Å². The fraction of sp³-hybridized carbons (Fsp3) is 0.318. The predicted octanol–water partition coefficient (Wildman–Crippen LogP) is 2.42. The van der Waals surface area contributed by atoms with Crippen LogP contribution in [0, 0.1) is 0 Å². The van der Waals surface area contributed by atoms with E-state index in [1.807, 2.05) is 24.3 Å². The Hall–Kier alpha value is -3.35. The van der Waals surface area contributed by atoms with Crippen molar-refractivity contribution < 1.29 is 23.9 Å². The van der Waals surface area contributed by atoms with E-state index >= 15 is 0 Å². The highest BCUT2D eigenvalue weighted by Crippen LogP contribution is 2.41. The molecule has 1 saturated heterocycles. The minimum absolute atomic E-state index is 0.311. The number of nitrogens with zero attached hydrogens (tertiary/aromatic N) is 1. The van der Waals surface area contributed by atoms with Crippen LogP contribution in [-0.4, -0.2) is 42.4 Å². The molecular weight excluding hydrogens is 372 g/mol. The zero-order valence-electron chi connectivity index (χ0n) is 15.8. The Morgan fingerprint density at radius 2 is 1.86 bits per heavy atom. The average Bonchev–Trinajstić information content (AvgIpc) is 3.09. The summed E-state index contributed by atoms with van der Waals surface area (Å²) in [4.78, 5) is 39.7. The number of hydrogen-bond donors (Lipinski definition) is 1. The Balaban J connectivity index is 1.39. The Morgan fingerprint density at radius 3 is 2.72 bits per heavy atom. The standard InChI is InChI=1S/C22H20N2O5/c25-17(15-6-7-18-19(12-15)29-11-3-10-28-18)13-24-20(26)22(23-21(24)27)9-8-14-4-1-2-5-16(14)22/h1-2,4-7,12H,3,8-11,13H2,(H,23,27). The van der Waals surface area contributed by atoms with Crippen LogP contribution < -0.4 is 14.8 Å². The first kappa shape index (κ1) is 17.7. The van der Waals surface area contributed by atoms with E-state index in [4.69, 9.17) is 9.47 Å². The SMILES string of the molecule is O=C(CN1C(=O)NC2(CCc3ccccc32)C1=O)c1ccc2c(c1)OCCCO2. The van der Waals surface area contributed by atoms with Crippen molar-refractivity contribution in [3.63, 3.8) is 0 Å². The minimum Gasteiger partial charge on any atom is -0.490 e. The van der Waals surface area contributed by atoms with E-state index in [0.717, 1.165) is 22.4 Å². The summed E-state index contributed by atoms with van der Waals surface area (Å²) in [6.45, 7) is 0.764. The summed E-state index contributed by atoms with van der Waals surface area (Å²) in [7, 11) is 0. The Labute approximate surface area is 167 Å². The molecule has 2 aromatic rings. The lowest BCUT2D eigenvalue weighted by molar-refractivity contribution is -0.131. The summed E-state index contributed by atoms with van der Waals surface area (Å²) in [5.74, 6) is 0.407. The van der Waals surface area contributed by atoms with Crippen molar-refractivity contribution in [2.75, 3.05) is 19.8 Å². The first-order valence-electron chi connectivity index (χ1n) is 9.74. The molecule has 29 heavy (non-hydrogen) atoms. The van der Waals surface area contributed by atoms with Crippen LogP contribution in [0.2, 0.25) is 0 Å². The molecule has 2 heterocycles. The lowest BCUT2D eigenvalue weighted by atomic mass is 9.92. The topological polar surface area (TPSA) is 84.9 Å². The van der Waals surface area contributed by atoms with E-state index in [1.54, 1.807) is 18.2 Å². The Bertz CT molecular complexity index is 1030. The van der Waals surface area contributed by atoms with E-state index < -0.39 is 11.6 Å². The molecule has 2 aliphatic heterocycles. The normalized spacial score (nSPS) is 22.4. The molecule has 0 aromatic heterocycles. The van der Waals surface area contributed by atoms with Gasteiger partial charge in [-0.1, -0.05) is 24.3 Å². The van der Waals surface area contributed by atoms with Gasteiger partial charge in [-0.15, -0.1) is 0 Å².